The molecule has 0 radical (unpaired) electrons. The Balaban J connectivity index is 2.74. The number of amides is 1. The number of carbonyl (C=O) groups excluding carboxylic acids is 1. The largest absolute Gasteiger partial charge is 0.480 e. The summed E-state index contributed by atoms with van der Waals surface area (Å²) in [5.74, 6) is -2.98. The SMILES string of the molecule is C=CCOC(=O)N[C@@H](Cc1cc(F)cc(F)c1)C(=O)O. The molecule has 20 heavy (non-hydrogen) atoms. The number of halogens is 2. The third-order valence-corrected chi connectivity index (χ3v) is 2.28. The van der Waals surface area contributed by atoms with Gasteiger partial charge in [0.05, 0.1) is 0 Å². The molecule has 1 rings (SSSR count). The number of benzene rings is 1. The van der Waals surface area contributed by atoms with Crippen LogP contribution in [0.5, 0.6) is 0 Å². The van der Waals surface area contributed by atoms with E-state index in [4.69, 9.17) is 5.11 Å². The predicted octanol–water partition coefficient (Wildman–Crippen LogP) is 1.87. The van der Waals surface area contributed by atoms with Crippen LogP contribution in [0.1, 0.15) is 5.56 Å². The van der Waals surface area contributed by atoms with Crippen LogP contribution in [0.25, 0.3) is 0 Å². The Morgan fingerprint density at radius 3 is 2.45 bits per heavy atom. The van der Waals surface area contributed by atoms with E-state index in [1.807, 2.05) is 0 Å². The summed E-state index contributed by atoms with van der Waals surface area (Å²) < 4.78 is 30.6. The van der Waals surface area contributed by atoms with Crippen molar-refractivity contribution in [3.05, 3.63) is 48.1 Å². The normalized spacial score (nSPS) is 11.5. The second-order valence-electron chi connectivity index (χ2n) is 3.90. The molecule has 0 saturated heterocycles. The second kappa shape index (κ2) is 7.22. The number of aliphatic carboxylic acids is 1. The Morgan fingerprint density at radius 1 is 1.35 bits per heavy atom. The van der Waals surface area contributed by atoms with E-state index in [0.29, 0.717) is 6.07 Å². The van der Waals surface area contributed by atoms with Gasteiger partial charge in [-0.3, -0.25) is 0 Å². The molecule has 0 bridgehead atoms. The molecule has 0 aliphatic heterocycles. The number of rotatable bonds is 6. The van der Waals surface area contributed by atoms with Crippen LogP contribution in [0.3, 0.4) is 0 Å². The van der Waals surface area contributed by atoms with E-state index in [1.165, 1.54) is 6.08 Å². The first-order valence-corrected chi connectivity index (χ1v) is 5.64. The van der Waals surface area contributed by atoms with Gasteiger partial charge in [0.1, 0.15) is 24.3 Å². The molecule has 0 aromatic heterocycles. The fourth-order valence-electron chi connectivity index (χ4n) is 1.48. The minimum atomic E-state index is -1.35. The van der Waals surface area contributed by atoms with Gasteiger partial charge in [-0.05, 0) is 17.7 Å². The van der Waals surface area contributed by atoms with Crippen molar-refractivity contribution in [3.8, 4) is 0 Å². The lowest BCUT2D eigenvalue weighted by Crippen LogP contribution is -2.42. The van der Waals surface area contributed by atoms with Crippen LogP contribution in [0.4, 0.5) is 13.6 Å². The molecule has 1 aromatic carbocycles. The zero-order valence-electron chi connectivity index (χ0n) is 10.4. The van der Waals surface area contributed by atoms with Gasteiger partial charge in [-0.25, -0.2) is 18.4 Å². The quantitative estimate of drug-likeness (QED) is 0.782. The third-order valence-electron chi connectivity index (χ3n) is 2.28. The van der Waals surface area contributed by atoms with E-state index in [-0.39, 0.29) is 18.6 Å². The van der Waals surface area contributed by atoms with Crippen LogP contribution < -0.4 is 5.32 Å². The number of carboxylic acid groups (broad SMARTS) is 1. The molecule has 2 N–H and O–H groups in total. The monoisotopic (exact) mass is 285 g/mol. The molecular weight excluding hydrogens is 272 g/mol. The molecule has 0 aliphatic carbocycles. The highest BCUT2D eigenvalue weighted by atomic mass is 19.1. The molecule has 0 saturated carbocycles. The molecule has 0 heterocycles. The van der Waals surface area contributed by atoms with Gasteiger partial charge in [-0.15, -0.1) is 0 Å². The minimum Gasteiger partial charge on any atom is -0.480 e. The lowest BCUT2D eigenvalue weighted by Gasteiger charge is -2.14. The lowest BCUT2D eigenvalue weighted by atomic mass is 10.1. The Bertz CT molecular complexity index is 499. The van der Waals surface area contributed by atoms with Gasteiger partial charge in [0, 0.05) is 12.5 Å². The number of hydrogen-bond donors (Lipinski definition) is 2. The second-order valence-corrected chi connectivity index (χ2v) is 3.90. The van der Waals surface area contributed by atoms with Gasteiger partial charge in [0.2, 0.25) is 0 Å². The highest BCUT2D eigenvalue weighted by Crippen LogP contribution is 2.10. The first-order valence-electron chi connectivity index (χ1n) is 5.64. The van der Waals surface area contributed by atoms with Crippen LogP contribution in [-0.4, -0.2) is 29.8 Å². The summed E-state index contributed by atoms with van der Waals surface area (Å²) in [6.07, 6.45) is 0.0963. The van der Waals surface area contributed by atoms with Gasteiger partial charge in [0.25, 0.3) is 0 Å². The zero-order chi connectivity index (χ0) is 15.1. The molecule has 1 atom stereocenters. The average molecular weight is 285 g/mol. The fourth-order valence-corrected chi connectivity index (χ4v) is 1.48. The zero-order valence-corrected chi connectivity index (χ0v) is 10.4. The van der Waals surface area contributed by atoms with Gasteiger partial charge in [-0.2, -0.15) is 0 Å². The van der Waals surface area contributed by atoms with Crippen molar-refractivity contribution in [1.29, 1.82) is 0 Å². The summed E-state index contributed by atoms with van der Waals surface area (Å²) in [7, 11) is 0. The molecule has 5 nitrogen and oxygen atoms in total. The Morgan fingerprint density at radius 2 is 1.95 bits per heavy atom. The van der Waals surface area contributed by atoms with E-state index in [0.717, 1.165) is 12.1 Å². The predicted molar refractivity (Wildman–Crippen MR) is 66.2 cm³/mol. The maximum absolute atomic E-state index is 13.0. The summed E-state index contributed by atoms with van der Waals surface area (Å²) in [6, 6.07) is 1.31. The van der Waals surface area contributed by atoms with Crippen LogP contribution in [0.2, 0.25) is 0 Å². The summed E-state index contributed by atoms with van der Waals surface area (Å²) >= 11 is 0. The van der Waals surface area contributed by atoms with Gasteiger partial charge < -0.3 is 15.2 Å². The van der Waals surface area contributed by atoms with Crippen molar-refractivity contribution >= 4 is 12.1 Å². The van der Waals surface area contributed by atoms with Crippen LogP contribution in [0, 0.1) is 11.6 Å². The van der Waals surface area contributed by atoms with Crippen molar-refractivity contribution in [3.63, 3.8) is 0 Å². The summed E-state index contributed by atoms with van der Waals surface area (Å²) in [4.78, 5) is 22.3. The number of carboxylic acids is 1. The van der Waals surface area contributed by atoms with E-state index in [9.17, 15) is 18.4 Å². The molecule has 0 unspecified atom stereocenters. The van der Waals surface area contributed by atoms with Crippen molar-refractivity contribution in [2.75, 3.05) is 6.61 Å². The highest BCUT2D eigenvalue weighted by Gasteiger charge is 2.21. The lowest BCUT2D eigenvalue weighted by molar-refractivity contribution is -0.139. The van der Waals surface area contributed by atoms with Crippen LogP contribution in [0.15, 0.2) is 30.9 Å². The van der Waals surface area contributed by atoms with Crippen LogP contribution in [-0.2, 0) is 16.0 Å². The molecule has 0 spiro atoms. The first kappa shape index (κ1) is 15.6. The fraction of sp³-hybridized carbons (Fsp3) is 0.231. The molecule has 0 fully saturated rings. The Hall–Kier alpha value is -2.44. The van der Waals surface area contributed by atoms with Crippen molar-refractivity contribution < 1.29 is 28.2 Å². The summed E-state index contributed by atoms with van der Waals surface area (Å²) in [6.45, 7) is 3.25. The highest BCUT2D eigenvalue weighted by molar-refractivity contribution is 5.80. The maximum Gasteiger partial charge on any atom is 0.408 e. The number of alkyl carbamates (subject to hydrolysis) is 1. The average Bonchev–Trinajstić information content (AvgIpc) is 2.34. The molecule has 0 aliphatic rings. The Labute approximate surface area is 113 Å². The smallest absolute Gasteiger partial charge is 0.408 e. The molecular formula is C13H13F2NO4. The molecule has 1 aromatic rings. The van der Waals surface area contributed by atoms with Gasteiger partial charge >= 0.3 is 12.1 Å². The van der Waals surface area contributed by atoms with E-state index >= 15 is 0 Å². The van der Waals surface area contributed by atoms with E-state index in [2.05, 4.69) is 16.6 Å². The van der Waals surface area contributed by atoms with Crippen molar-refractivity contribution in [2.45, 2.75) is 12.5 Å². The molecule has 1 amide bonds. The van der Waals surface area contributed by atoms with Crippen LogP contribution >= 0.6 is 0 Å². The summed E-state index contributed by atoms with van der Waals surface area (Å²) in [5, 5.41) is 11.1. The van der Waals surface area contributed by atoms with E-state index in [1.54, 1.807) is 0 Å². The first-order chi connectivity index (χ1) is 9.42. The minimum absolute atomic E-state index is 0.0766. The number of nitrogens with one attached hydrogen (secondary N) is 1. The third kappa shape index (κ3) is 5.05. The van der Waals surface area contributed by atoms with Gasteiger partial charge in [-0.1, -0.05) is 12.7 Å². The molecule has 108 valence electrons. The molecule has 7 heteroatoms. The number of ether oxygens (including phenoxy) is 1. The topological polar surface area (TPSA) is 75.6 Å². The standard InChI is InChI=1S/C13H13F2NO4/c1-2-3-20-13(19)16-11(12(17)18)6-8-4-9(14)7-10(15)5-8/h2,4-5,7,11H,1,3,6H2,(H,16,19)(H,17,18)/t11-/m0/s1. The number of carbonyl (C=O) groups is 2. The van der Waals surface area contributed by atoms with Gasteiger partial charge in [0.15, 0.2) is 0 Å². The maximum atomic E-state index is 13.0. The van der Waals surface area contributed by atoms with E-state index < -0.39 is 29.7 Å². The Kier molecular flexibility index (Phi) is 5.64. The number of hydrogen-bond acceptors (Lipinski definition) is 3. The van der Waals surface area contributed by atoms with Crippen molar-refractivity contribution in [1.82, 2.24) is 5.32 Å². The van der Waals surface area contributed by atoms with Crippen molar-refractivity contribution in [2.24, 2.45) is 0 Å². The summed E-state index contributed by atoms with van der Waals surface area (Å²) in [5.41, 5.74) is 0.110.